The van der Waals surface area contributed by atoms with Crippen LogP contribution in [0.5, 0.6) is 0 Å². The van der Waals surface area contributed by atoms with Gasteiger partial charge in [-0.05, 0) is 69.4 Å². The normalized spacial score (nSPS) is 15.9. The van der Waals surface area contributed by atoms with Crippen LogP contribution in [0.3, 0.4) is 0 Å². The fraction of sp³-hybridized carbons (Fsp3) is 0.529. The second-order valence-corrected chi connectivity index (χ2v) is 8.43. The minimum Gasteiger partial charge on any atom is -0.313 e. The summed E-state index contributed by atoms with van der Waals surface area (Å²) in [5.41, 5.74) is 1.88. The van der Waals surface area contributed by atoms with E-state index in [2.05, 4.69) is 58.7 Å². The van der Waals surface area contributed by atoms with Crippen LogP contribution in [-0.4, -0.2) is 12.6 Å². The molecule has 1 aromatic carbocycles. The molecule has 1 aliphatic carbocycles. The fourth-order valence-electron chi connectivity index (χ4n) is 2.54. The summed E-state index contributed by atoms with van der Waals surface area (Å²) in [5, 5.41) is 7.43. The summed E-state index contributed by atoms with van der Waals surface area (Å²) in [6.45, 7) is 5.91. The molecule has 3 heteroatoms. The first-order chi connectivity index (χ1) is 9.55. The molecule has 0 bridgehead atoms. The van der Waals surface area contributed by atoms with Crippen LogP contribution in [0.2, 0.25) is 0 Å². The maximum atomic E-state index is 3.67. The standard InChI is InChI=1S/C17H22BrNS/c1-17(2,11-19-13-6-7-13)9-8-12-10-20-16-14(12)4-3-5-15(16)18/h3-5,10,13,19H,6-9,11H2,1-2H3. The Bertz CT molecular complexity index is 598. The van der Waals surface area contributed by atoms with E-state index in [1.165, 1.54) is 45.8 Å². The largest absolute Gasteiger partial charge is 0.313 e. The molecule has 3 rings (SSSR count). The van der Waals surface area contributed by atoms with E-state index in [1.807, 2.05) is 11.3 Å². The van der Waals surface area contributed by atoms with Gasteiger partial charge in [-0.3, -0.25) is 0 Å². The van der Waals surface area contributed by atoms with Crippen LogP contribution in [0, 0.1) is 5.41 Å². The summed E-state index contributed by atoms with van der Waals surface area (Å²) in [7, 11) is 0. The van der Waals surface area contributed by atoms with Crippen molar-refractivity contribution >= 4 is 37.4 Å². The molecule has 1 heterocycles. The van der Waals surface area contributed by atoms with Gasteiger partial charge in [0.2, 0.25) is 0 Å². The number of nitrogens with one attached hydrogen (secondary N) is 1. The zero-order chi connectivity index (χ0) is 14.2. The van der Waals surface area contributed by atoms with Gasteiger partial charge in [-0.2, -0.15) is 0 Å². The Hall–Kier alpha value is -0.380. The highest BCUT2D eigenvalue weighted by atomic mass is 79.9. The van der Waals surface area contributed by atoms with Crippen LogP contribution in [0.25, 0.3) is 10.1 Å². The Balaban J connectivity index is 1.65. The Morgan fingerprint density at radius 3 is 2.90 bits per heavy atom. The fourth-order valence-corrected chi connectivity index (χ4v) is 4.20. The van der Waals surface area contributed by atoms with Crippen molar-refractivity contribution in [3.63, 3.8) is 0 Å². The lowest BCUT2D eigenvalue weighted by Gasteiger charge is -2.25. The molecule has 1 N–H and O–H groups in total. The first kappa shape index (κ1) is 14.6. The van der Waals surface area contributed by atoms with Gasteiger partial charge in [0.05, 0.1) is 0 Å². The molecule has 0 unspecified atom stereocenters. The van der Waals surface area contributed by atoms with E-state index in [0.29, 0.717) is 5.41 Å². The van der Waals surface area contributed by atoms with Crippen molar-refractivity contribution < 1.29 is 0 Å². The van der Waals surface area contributed by atoms with Gasteiger partial charge in [-0.25, -0.2) is 0 Å². The van der Waals surface area contributed by atoms with Gasteiger partial charge in [0.1, 0.15) is 0 Å². The third-order valence-corrected chi connectivity index (χ3v) is 6.15. The minimum absolute atomic E-state index is 0.378. The van der Waals surface area contributed by atoms with Crippen molar-refractivity contribution in [2.45, 2.75) is 45.6 Å². The Morgan fingerprint density at radius 1 is 1.35 bits per heavy atom. The summed E-state index contributed by atoms with van der Waals surface area (Å²) in [6, 6.07) is 7.34. The number of benzene rings is 1. The topological polar surface area (TPSA) is 12.0 Å². The average molecular weight is 352 g/mol. The summed E-state index contributed by atoms with van der Waals surface area (Å²) >= 11 is 5.51. The second-order valence-electron chi connectivity index (χ2n) is 6.70. The van der Waals surface area contributed by atoms with E-state index < -0.39 is 0 Å². The quantitative estimate of drug-likeness (QED) is 0.736. The highest BCUT2D eigenvalue weighted by Gasteiger charge is 2.25. The van der Waals surface area contributed by atoms with Gasteiger partial charge in [-0.15, -0.1) is 11.3 Å². The predicted molar refractivity (Wildman–Crippen MR) is 92.7 cm³/mol. The van der Waals surface area contributed by atoms with Crippen LogP contribution >= 0.6 is 27.3 Å². The molecule has 0 radical (unpaired) electrons. The van der Waals surface area contributed by atoms with Gasteiger partial charge >= 0.3 is 0 Å². The van der Waals surface area contributed by atoms with Gasteiger partial charge in [0, 0.05) is 21.8 Å². The van der Waals surface area contributed by atoms with Crippen molar-refractivity contribution in [3.8, 4) is 0 Å². The van der Waals surface area contributed by atoms with E-state index in [1.54, 1.807) is 0 Å². The SMILES string of the molecule is CC(C)(CCc1csc2c(Br)cccc12)CNC1CC1. The molecule has 1 aromatic heterocycles. The number of hydrogen-bond acceptors (Lipinski definition) is 2. The third-order valence-electron chi connectivity index (χ3n) is 4.15. The van der Waals surface area contributed by atoms with Crippen LogP contribution in [-0.2, 0) is 6.42 Å². The van der Waals surface area contributed by atoms with Gasteiger partial charge in [0.15, 0.2) is 0 Å². The molecule has 0 spiro atoms. The Kier molecular flexibility index (Phi) is 4.21. The predicted octanol–water partition coefficient (Wildman–Crippen LogP) is 5.37. The number of aryl methyl sites for hydroxylation is 1. The molecule has 20 heavy (non-hydrogen) atoms. The lowest BCUT2D eigenvalue weighted by molar-refractivity contribution is 0.314. The first-order valence-corrected chi connectivity index (χ1v) is 9.10. The average Bonchev–Trinajstić information content (AvgIpc) is 3.15. The lowest BCUT2D eigenvalue weighted by Crippen LogP contribution is -2.31. The molecule has 0 aliphatic heterocycles. The smallest absolute Gasteiger partial charge is 0.0487 e. The van der Waals surface area contributed by atoms with Gasteiger partial charge < -0.3 is 5.32 Å². The molecule has 1 saturated carbocycles. The Labute approximate surface area is 133 Å². The van der Waals surface area contributed by atoms with E-state index in [-0.39, 0.29) is 0 Å². The Morgan fingerprint density at radius 2 is 2.15 bits per heavy atom. The molecular formula is C17H22BrNS. The number of hydrogen-bond donors (Lipinski definition) is 1. The van der Waals surface area contributed by atoms with E-state index in [4.69, 9.17) is 0 Å². The van der Waals surface area contributed by atoms with Crippen molar-refractivity contribution in [1.29, 1.82) is 0 Å². The summed E-state index contributed by atoms with van der Waals surface area (Å²) in [4.78, 5) is 0. The van der Waals surface area contributed by atoms with Crippen LogP contribution < -0.4 is 5.32 Å². The lowest BCUT2D eigenvalue weighted by atomic mass is 9.86. The zero-order valence-electron chi connectivity index (χ0n) is 12.2. The van der Waals surface area contributed by atoms with Crippen molar-refractivity contribution in [2.24, 2.45) is 5.41 Å². The van der Waals surface area contributed by atoms with Crippen molar-refractivity contribution in [3.05, 3.63) is 33.6 Å². The van der Waals surface area contributed by atoms with Gasteiger partial charge in [0.25, 0.3) is 0 Å². The summed E-state index contributed by atoms with van der Waals surface area (Å²) in [6.07, 6.45) is 5.17. The monoisotopic (exact) mass is 351 g/mol. The molecule has 108 valence electrons. The van der Waals surface area contributed by atoms with Crippen molar-refractivity contribution in [2.75, 3.05) is 6.54 Å². The third kappa shape index (κ3) is 3.44. The van der Waals surface area contributed by atoms with E-state index in [0.717, 1.165) is 12.6 Å². The molecule has 0 amide bonds. The number of rotatable bonds is 6. The molecule has 0 atom stereocenters. The second kappa shape index (κ2) is 5.78. The molecule has 2 aromatic rings. The molecule has 1 nitrogen and oxygen atoms in total. The first-order valence-electron chi connectivity index (χ1n) is 7.43. The molecule has 0 saturated heterocycles. The number of thiophene rings is 1. The van der Waals surface area contributed by atoms with Gasteiger partial charge in [-0.1, -0.05) is 26.0 Å². The zero-order valence-corrected chi connectivity index (χ0v) is 14.6. The minimum atomic E-state index is 0.378. The van der Waals surface area contributed by atoms with Crippen LogP contribution in [0.1, 0.15) is 38.7 Å². The number of fused-ring (bicyclic) bond motifs is 1. The maximum Gasteiger partial charge on any atom is 0.0487 e. The maximum absolute atomic E-state index is 3.67. The summed E-state index contributed by atoms with van der Waals surface area (Å²) < 4.78 is 2.61. The molecule has 1 aliphatic rings. The summed E-state index contributed by atoms with van der Waals surface area (Å²) in [5.74, 6) is 0. The van der Waals surface area contributed by atoms with Crippen LogP contribution in [0.4, 0.5) is 0 Å². The van der Waals surface area contributed by atoms with E-state index >= 15 is 0 Å². The highest BCUT2D eigenvalue weighted by molar-refractivity contribution is 9.10. The van der Waals surface area contributed by atoms with E-state index in [9.17, 15) is 0 Å². The molecule has 1 fully saturated rings. The highest BCUT2D eigenvalue weighted by Crippen LogP contribution is 2.34. The van der Waals surface area contributed by atoms with Crippen molar-refractivity contribution in [1.82, 2.24) is 5.32 Å². The number of halogens is 1. The molecular weight excluding hydrogens is 330 g/mol. The van der Waals surface area contributed by atoms with Crippen LogP contribution in [0.15, 0.2) is 28.1 Å².